The van der Waals surface area contributed by atoms with E-state index in [0.717, 1.165) is 18.4 Å². The van der Waals surface area contributed by atoms with E-state index in [9.17, 15) is 14.7 Å². The number of aliphatic hydroxyl groups is 1. The number of carbonyl (C=O) groups is 2. The molecule has 0 spiro atoms. The zero-order valence-corrected chi connectivity index (χ0v) is 20.3. The number of rotatable bonds is 7. The predicted octanol–water partition coefficient (Wildman–Crippen LogP) is 5.22. The number of aliphatic hydroxyl groups excluding tert-OH is 1. The van der Waals surface area contributed by atoms with Crippen LogP contribution in [-0.4, -0.2) is 42.5 Å². The number of para-hydroxylation sites is 1. The smallest absolute Gasteiger partial charge is 0.295 e. The molecule has 6 heteroatoms. The summed E-state index contributed by atoms with van der Waals surface area (Å²) in [5.74, 6) is -0.591. The molecule has 1 heterocycles. The van der Waals surface area contributed by atoms with Crippen LogP contribution >= 0.6 is 0 Å². The molecule has 1 N–H and O–H groups in total. The summed E-state index contributed by atoms with van der Waals surface area (Å²) in [6.45, 7) is 8.63. The lowest BCUT2D eigenvalue weighted by Crippen LogP contribution is -2.30. The highest BCUT2D eigenvalue weighted by Gasteiger charge is 2.47. The van der Waals surface area contributed by atoms with E-state index in [1.165, 1.54) is 12.0 Å². The maximum atomic E-state index is 13.3. The van der Waals surface area contributed by atoms with Gasteiger partial charge in [-0.2, -0.15) is 0 Å². The van der Waals surface area contributed by atoms with Crippen LogP contribution in [0.25, 0.3) is 5.76 Å². The summed E-state index contributed by atoms with van der Waals surface area (Å²) in [5.41, 5.74) is 1.88. The standard InChI is InChI=1S/C27H33NO5/c1-7-8-15-28-23(18-11-9-10-12-20(18)32-5)22(25(30)26(28)31)24(29)19-16-17(27(2,3)4)13-14-21(19)33-6/h9-14,16,23,29H,7-8,15H2,1-6H3/b24-22+. The highest BCUT2D eigenvalue weighted by molar-refractivity contribution is 6.46. The Kier molecular flexibility index (Phi) is 7.15. The van der Waals surface area contributed by atoms with Crippen LogP contribution in [0.1, 0.15) is 63.3 Å². The molecule has 1 aliphatic rings. The minimum Gasteiger partial charge on any atom is -0.507 e. The van der Waals surface area contributed by atoms with Crippen molar-refractivity contribution in [2.45, 2.75) is 52.0 Å². The van der Waals surface area contributed by atoms with E-state index >= 15 is 0 Å². The Labute approximate surface area is 195 Å². The fraction of sp³-hybridized carbons (Fsp3) is 0.407. The molecule has 6 nitrogen and oxygen atoms in total. The van der Waals surface area contributed by atoms with Gasteiger partial charge in [-0.3, -0.25) is 9.59 Å². The highest BCUT2D eigenvalue weighted by atomic mass is 16.5. The molecule has 0 bridgehead atoms. The summed E-state index contributed by atoms with van der Waals surface area (Å²) in [6, 6.07) is 12.1. The Morgan fingerprint density at radius 2 is 1.70 bits per heavy atom. The van der Waals surface area contributed by atoms with Gasteiger partial charge in [-0.1, -0.05) is 58.4 Å². The molecule has 1 amide bonds. The predicted molar refractivity (Wildman–Crippen MR) is 129 cm³/mol. The van der Waals surface area contributed by atoms with Gasteiger partial charge >= 0.3 is 0 Å². The van der Waals surface area contributed by atoms with Crippen LogP contribution in [0.3, 0.4) is 0 Å². The van der Waals surface area contributed by atoms with Crippen molar-refractivity contribution in [1.29, 1.82) is 0 Å². The lowest BCUT2D eigenvalue weighted by atomic mass is 9.85. The Bertz CT molecular complexity index is 1080. The van der Waals surface area contributed by atoms with Gasteiger partial charge in [-0.15, -0.1) is 0 Å². The first-order valence-corrected chi connectivity index (χ1v) is 11.3. The van der Waals surface area contributed by atoms with Gasteiger partial charge in [-0.05, 0) is 35.6 Å². The number of nitrogens with zero attached hydrogens (tertiary/aromatic N) is 1. The van der Waals surface area contributed by atoms with E-state index in [1.807, 2.05) is 37.3 Å². The van der Waals surface area contributed by atoms with E-state index in [-0.39, 0.29) is 16.7 Å². The molecule has 33 heavy (non-hydrogen) atoms. The molecule has 1 fully saturated rings. The van der Waals surface area contributed by atoms with Crippen molar-refractivity contribution in [1.82, 2.24) is 4.90 Å². The number of hydrogen-bond acceptors (Lipinski definition) is 5. The fourth-order valence-electron chi connectivity index (χ4n) is 4.16. The number of carbonyl (C=O) groups excluding carboxylic acids is 2. The molecule has 0 aliphatic carbocycles. The number of unbranched alkanes of at least 4 members (excludes halogenated alkanes) is 1. The average molecular weight is 452 g/mol. The Morgan fingerprint density at radius 1 is 1.03 bits per heavy atom. The molecule has 2 aromatic rings. The molecule has 1 unspecified atom stereocenters. The minimum absolute atomic E-state index is 0.0463. The molecule has 1 aliphatic heterocycles. The lowest BCUT2D eigenvalue weighted by Gasteiger charge is -2.27. The number of ether oxygens (including phenoxy) is 2. The molecule has 1 saturated heterocycles. The maximum absolute atomic E-state index is 13.3. The lowest BCUT2D eigenvalue weighted by molar-refractivity contribution is -0.139. The highest BCUT2D eigenvalue weighted by Crippen LogP contribution is 2.44. The van der Waals surface area contributed by atoms with Gasteiger partial charge in [-0.25, -0.2) is 0 Å². The number of ketones is 1. The largest absolute Gasteiger partial charge is 0.507 e. The van der Waals surface area contributed by atoms with Crippen LogP contribution in [0.5, 0.6) is 11.5 Å². The number of benzene rings is 2. The van der Waals surface area contributed by atoms with Gasteiger partial charge in [0.1, 0.15) is 17.3 Å². The van der Waals surface area contributed by atoms with E-state index in [2.05, 4.69) is 20.8 Å². The first-order valence-electron chi connectivity index (χ1n) is 11.3. The van der Waals surface area contributed by atoms with Crippen molar-refractivity contribution in [2.75, 3.05) is 20.8 Å². The van der Waals surface area contributed by atoms with Crippen molar-refractivity contribution in [2.24, 2.45) is 0 Å². The summed E-state index contributed by atoms with van der Waals surface area (Å²) in [7, 11) is 3.06. The SMILES string of the molecule is CCCCN1C(=O)C(=O)/C(=C(/O)c2cc(C(C)(C)C)ccc2OC)C1c1ccccc1OC. The maximum Gasteiger partial charge on any atom is 0.295 e. The molecular formula is C27H33NO5. The fourth-order valence-corrected chi connectivity index (χ4v) is 4.16. The zero-order chi connectivity index (χ0) is 24.3. The summed E-state index contributed by atoms with van der Waals surface area (Å²) in [6.07, 6.45) is 1.60. The second-order valence-electron chi connectivity index (χ2n) is 9.25. The summed E-state index contributed by atoms with van der Waals surface area (Å²) >= 11 is 0. The average Bonchev–Trinajstić information content (AvgIpc) is 3.05. The molecular weight excluding hydrogens is 418 g/mol. The molecule has 0 saturated carbocycles. The van der Waals surface area contributed by atoms with E-state index in [4.69, 9.17) is 9.47 Å². The van der Waals surface area contributed by atoms with Crippen molar-refractivity contribution < 1.29 is 24.2 Å². The van der Waals surface area contributed by atoms with Crippen LogP contribution in [0.15, 0.2) is 48.0 Å². The third kappa shape index (κ3) is 4.61. The minimum atomic E-state index is -0.754. The normalized spacial score (nSPS) is 18.0. The third-order valence-corrected chi connectivity index (χ3v) is 6.05. The molecule has 1 atom stereocenters. The molecule has 0 aromatic heterocycles. The third-order valence-electron chi connectivity index (χ3n) is 6.05. The second kappa shape index (κ2) is 9.69. The molecule has 0 radical (unpaired) electrons. The summed E-state index contributed by atoms with van der Waals surface area (Å²) in [5, 5.41) is 11.5. The molecule has 176 valence electrons. The first kappa shape index (κ1) is 24.4. The van der Waals surface area contributed by atoms with Crippen LogP contribution < -0.4 is 9.47 Å². The van der Waals surface area contributed by atoms with Gasteiger partial charge in [0.2, 0.25) is 0 Å². The number of hydrogen-bond donors (Lipinski definition) is 1. The van der Waals surface area contributed by atoms with Crippen LogP contribution in [0, 0.1) is 0 Å². The number of Topliss-reactive ketones (excluding diaryl/α,β-unsaturated/α-hetero) is 1. The molecule has 2 aromatic carbocycles. The van der Waals surface area contributed by atoms with Gasteiger partial charge < -0.3 is 19.5 Å². The number of likely N-dealkylation sites (tertiary alicyclic amines) is 1. The topological polar surface area (TPSA) is 76.1 Å². The van der Waals surface area contributed by atoms with Gasteiger partial charge in [0.05, 0.1) is 31.4 Å². The van der Waals surface area contributed by atoms with Crippen molar-refractivity contribution in [3.63, 3.8) is 0 Å². The Hall–Kier alpha value is -3.28. The quantitative estimate of drug-likeness (QED) is 0.355. The number of amides is 1. The zero-order valence-electron chi connectivity index (χ0n) is 20.3. The van der Waals surface area contributed by atoms with Crippen LogP contribution in [0.2, 0.25) is 0 Å². The second-order valence-corrected chi connectivity index (χ2v) is 9.25. The van der Waals surface area contributed by atoms with E-state index < -0.39 is 17.7 Å². The Balaban J connectivity index is 2.30. The van der Waals surface area contributed by atoms with E-state index in [1.54, 1.807) is 19.2 Å². The van der Waals surface area contributed by atoms with Gasteiger partial charge in [0, 0.05) is 12.1 Å². The van der Waals surface area contributed by atoms with Gasteiger partial charge in [0.15, 0.2) is 0 Å². The van der Waals surface area contributed by atoms with Gasteiger partial charge in [0.25, 0.3) is 11.7 Å². The summed E-state index contributed by atoms with van der Waals surface area (Å²) in [4.78, 5) is 27.9. The number of methoxy groups -OCH3 is 2. The summed E-state index contributed by atoms with van der Waals surface area (Å²) < 4.78 is 11.1. The van der Waals surface area contributed by atoms with Crippen molar-refractivity contribution in [3.05, 3.63) is 64.7 Å². The van der Waals surface area contributed by atoms with Crippen molar-refractivity contribution in [3.8, 4) is 11.5 Å². The van der Waals surface area contributed by atoms with Crippen molar-refractivity contribution >= 4 is 17.4 Å². The monoisotopic (exact) mass is 451 g/mol. The molecule has 3 rings (SSSR count). The van der Waals surface area contributed by atoms with Crippen LogP contribution in [-0.2, 0) is 15.0 Å². The van der Waals surface area contributed by atoms with E-state index in [0.29, 0.717) is 29.2 Å². The van der Waals surface area contributed by atoms with Crippen LogP contribution in [0.4, 0.5) is 0 Å². The Morgan fingerprint density at radius 3 is 2.30 bits per heavy atom. The first-order chi connectivity index (χ1) is 15.6.